The van der Waals surface area contributed by atoms with Crippen molar-refractivity contribution in [1.82, 2.24) is 10.6 Å². The first-order valence-electron chi connectivity index (χ1n) is 8.73. The number of benzene rings is 2. The van der Waals surface area contributed by atoms with Crippen LogP contribution in [-0.2, 0) is 0 Å². The second-order valence-electron chi connectivity index (χ2n) is 6.38. The quantitative estimate of drug-likeness (QED) is 0.524. The van der Waals surface area contributed by atoms with E-state index in [0.717, 1.165) is 31.6 Å². The van der Waals surface area contributed by atoms with Crippen molar-refractivity contribution in [3.05, 3.63) is 64.2 Å². The van der Waals surface area contributed by atoms with Crippen LogP contribution in [0, 0.1) is 16.0 Å². The number of carbonyl (C=O) groups is 1. The van der Waals surface area contributed by atoms with Crippen molar-refractivity contribution < 1.29 is 9.72 Å². The summed E-state index contributed by atoms with van der Waals surface area (Å²) in [5, 5.41) is 20.6. The Bertz CT molecular complexity index is 774. The van der Waals surface area contributed by atoms with Crippen LogP contribution in [0.2, 0.25) is 0 Å². The van der Waals surface area contributed by atoms with E-state index in [1.54, 1.807) is 12.1 Å². The number of anilines is 2. The lowest BCUT2D eigenvalue weighted by Gasteiger charge is -2.11. The van der Waals surface area contributed by atoms with Crippen LogP contribution < -0.4 is 16.0 Å². The van der Waals surface area contributed by atoms with Crippen LogP contribution in [0.1, 0.15) is 23.2 Å². The largest absolute Gasteiger partial charge is 0.352 e. The van der Waals surface area contributed by atoms with Crippen LogP contribution in [0.3, 0.4) is 0 Å². The van der Waals surface area contributed by atoms with Gasteiger partial charge in [0, 0.05) is 23.9 Å². The molecule has 1 saturated heterocycles. The van der Waals surface area contributed by atoms with Crippen LogP contribution in [0.25, 0.3) is 0 Å². The van der Waals surface area contributed by atoms with E-state index in [1.165, 1.54) is 6.07 Å². The summed E-state index contributed by atoms with van der Waals surface area (Å²) in [5.74, 6) is 0.299. The Morgan fingerprint density at radius 1 is 1.23 bits per heavy atom. The molecule has 0 bridgehead atoms. The first-order valence-corrected chi connectivity index (χ1v) is 8.73. The molecule has 0 aromatic heterocycles. The molecular weight excluding hydrogens is 332 g/mol. The number of nitrogens with one attached hydrogen (secondary N) is 3. The fraction of sp³-hybridized carbons (Fsp3) is 0.316. The highest BCUT2D eigenvalue weighted by Gasteiger charge is 2.18. The lowest BCUT2D eigenvalue weighted by Crippen LogP contribution is -2.26. The fourth-order valence-corrected chi connectivity index (χ4v) is 3.06. The molecule has 26 heavy (non-hydrogen) atoms. The average Bonchev–Trinajstić information content (AvgIpc) is 3.16. The Morgan fingerprint density at radius 2 is 2.04 bits per heavy atom. The molecule has 2 aromatic carbocycles. The molecule has 1 fully saturated rings. The number of rotatable bonds is 7. The van der Waals surface area contributed by atoms with Gasteiger partial charge in [-0.25, -0.2) is 0 Å². The predicted molar refractivity (Wildman–Crippen MR) is 101 cm³/mol. The van der Waals surface area contributed by atoms with E-state index in [9.17, 15) is 14.9 Å². The van der Waals surface area contributed by atoms with Gasteiger partial charge in [0.2, 0.25) is 0 Å². The summed E-state index contributed by atoms with van der Waals surface area (Å²) < 4.78 is 0. The van der Waals surface area contributed by atoms with E-state index in [-0.39, 0.29) is 11.6 Å². The minimum atomic E-state index is -0.480. The average molecular weight is 354 g/mol. The van der Waals surface area contributed by atoms with Crippen LogP contribution in [0.5, 0.6) is 0 Å². The third kappa shape index (κ3) is 4.58. The summed E-state index contributed by atoms with van der Waals surface area (Å²) in [6.07, 6.45) is 2.04. The Hall–Kier alpha value is -2.93. The lowest BCUT2D eigenvalue weighted by atomic mass is 10.1. The zero-order chi connectivity index (χ0) is 18.4. The first kappa shape index (κ1) is 17.9. The maximum absolute atomic E-state index is 12.3. The second-order valence-corrected chi connectivity index (χ2v) is 6.38. The van der Waals surface area contributed by atoms with Crippen molar-refractivity contribution in [3.8, 4) is 0 Å². The minimum Gasteiger partial charge on any atom is -0.352 e. The smallest absolute Gasteiger partial charge is 0.293 e. The maximum Gasteiger partial charge on any atom is 0.293 e. The summed E-state index contributed by atoms with van der Waals surface area (Å²) in [7, 11) is 0. The third-order valence-corrected chi connectivity index (χ3v) is 4.51. The number of hydrogen-bond donors (Lipinski definition) is 3. The number of amides is 1. The van der Waals surface area contributed by atoms with Crippen LogP contribution in [0.4, 0.5) is 17.1 Å². The number of para-hydroxylation sites is 1. The number of carbonyl (C=O) groups excluding carboxylic acids is 1. The predicted octanol–water partition coefficient (Wildman–Crippen LogP) is 3.07. The van der Waals surface area contributed by atoms with Gasteiger partial charge in [-0.2, -0.15) is 0 Å². The Balaban J connectivity index is 1.67. The molecule has 2 aromatic rings. The van der Waals surface area contributed by atoms with Crippen LogP contribution >= 0.6 is 0 Å². The molecule has 1 atom stereocenters. The molecule has 1 unspecified atom stereocenters. The van der Waals surface area contributed by atoms with Gasteiger partial charge >= 0.3 is 0 Å². The standard InChI is InChI=1S/C19H22N4O3/c24-19(21-11-9-14-8-10-20-13-14)15-6-7-17(18(12-15)23(25)26)22-16-4-2-1-3-5-16/h1-7,12,14,20,22H,8-11,13H2,(H,21,24). The molecule has 0 radical (unpaired) electrons. The zero-order valence-electron chi connectivity index (χ0n) is 14.4. The summed E-state index contributed by atoms with van der Waals surface area (Å²) in [6.45, 7) is 2.59. The van der Waals surface area contributed by atoms with E-state index in [0.29, 0.717) is 23.7 Å². The van der Waals surface area contributed by atoms with Crippen molar-refractivity contribution in [2.75, 3.05) is 25.0 Å². The molecule has 0 spiro atoms. The summed E-state index contributed by atoms with van der Waals surface area (Å²) in [6, 6.07) is 13.7. The highest BCUT2D eigenvalue weighted by Crippen LogP contribution is 2.28. The van der Waals surface area contributed by atoms with Gasteiger partial charge in [0.05, 0.1) is 4.92 Å². The first-order chi connectivity index (χ1) is 12.6. The third-order valence-electron chi connectivity index (χ3n) is 4.51. The van der Waals surface area contributed by atoms with Gasteiger partial charge in [-0.3, -0.25) is 14.9 Å². The van der Waals surface area contributed by atoms with Crippen molar-refractivity contribution in [3.63, 3.8) is 0 Å². The monoisotopic (exact) mass is 354 g/mol. The van der Waals surface area contributed by atoms with Crippen molar-refractivity contribution in [2.24, 2.45) is 5.92 Å². The van der Waals surface area contributed by atoms with E-state index in [1.807, 2.05) is 30.3 Å². The van der Waals surface area contributed by atoms with Crippen molar-refractivity contribution >= 4 is 23.0 Å². The topological polar surface area (TPSA) is 96.3 Å². The van der Waals surface area contributed by atoms with Gasteiger partial charge in [0.15, 0.2) is 0 Å². The lowest BCUT2D eigenvalue weighted by molar-refractivity contribution is -0.383. The Kier molecular flexibility index (Phi) is 5.80. The second kappa shape index (κ2) is 8.44. The summed E-state index contributed by atoms with van der Waals surface area (Å²) in [4.78, 5) is 23.2. The fourth-order valence-electron chi connectivity index (χ4n) is 3.06. The Labute approximate surface area is 152 Å². The maximum atomic E-state index is 12.3. The van der Waals surface area contributed by atoms with Crippen LogP contribution in [-0.4, -0.2) is 30.5 Å². The molecule has 1 aliphatic rings. The number of nitro groups is 1. The van der Waals surface area contributed by atoms with Crippen molar-refractivity contribution in [1.29, 1.82) is 0 Å². The van der Waals surface area contributed by atoms with E-state index in [2.05, 4.69) is 16.0 Å². The van der Waals surface area contributed by atoms with Gasteiger partial charge < -0.3 is 16.0 Å². The highest BCUT2D eigenvalue weighted by atomic mass is 16.6. The van der Waals surface area contributed by atoms with E-state index in [4.69, 9.17) is 0 Å². The zero-order valence-corrected chi connectivity index (χ0v) is 14.4. The number of hydrogen-bond acceptors (Lipinski definition) is 5. The summed E-state index contributed by atoms with van der Waals surface area (Å²) >= 11 is 0. The van der Waals surface area contributed by atoms with Gasteiger partial charge in [0.1, 0.15) is 5.69 Å². The normalized spacial score (nSPS) is 16.2. The molecule has 0 saturated carbocycles. The molecule has 3 N–H and O–H groups in total. The molecule has 7 nitrogen and oxygen atoms in total. The molecule has 1 amide bonds. The molecule has 1 heterocycles. The molecule has 3 rings (SSSR count). The molecule has 136 valence electrons. The SMILES string of the molecule is O=C(NCCC1CCNC1)c1ccc(Nc2ccccc2)c([N+](=O)[O-])c1. The highest BCUT2D eigenvalue weighted by molar-refractivity contribution is 5.95. The molecular formula is C19H22N4O3. The number of nitrogens with zero attached hydrogens (tertiary/aromatic N) is 1. The van der Waals surface area contributed by atoms with Crippen molar-refractivity contribution in [2.45, 2.75) is 12.8 Å². The van der Waals surface area contributed by atoms with Gasteiger partial charge in [-0.15, -0.1) is 0 Å². The molecule has 0 aliphatic carbocycles. The van der Waals surface area contributed by atoms with Crippen LogP contribution in [0.15, 0.2) is 48.5 Å². The van der Waals surface area contributed by atoms with E-state index < -0.39 is 4.92 Å². The van der Waals surface area contributed by atoms with Gasteiger partial charge in [-0.05, 0) is 56.1 Å². The Morgan fingerprint density at radius 3 is 2.73 bits per heavy atom. The number of nitro benzene ring substituents is 1. The summed E-state index contributed by atoms with van der Waals surface area (Å²) in [5.41, 5.74) is 1.27. The molecule has 1 aliphatic heterocycles. The minimum absolute atomic E-state index is 0.124. The van der Waals surface area contributed by atoms with E-state index >= 15 is 0 Å². The molecule has 7 heteroatoms. The van der Waals surface area contributed by atoms with Gasteiger partial charge in [-0.1, -0.05) is 18.2 Å². The van der Waals surface area contributed by atoms with Gasteiger partial charge in [0.25, 0.3) is 11.6 Å².